The molecule has 0 bridgehead atoms. The lowest BCUT2D eigenvalue weighted by Gasteiger charge is -2.05. The lowest BCUT2D eigenvalue weighted by Crippen LogP contribution is -2.15. The Hall–Kier alpha value is -2.33. The molecule has 0 unspecified atom stereocenters. The summed E-state index contributed by atoms with van der Waals surface area (Å²) in [5.41, 5.74) is 0.0776. The Morgan fingerprint density at radius 1 is 1.42 bits per heavy atom. The van der Waals surface area contributed by atoms with Crippen molar-refractivity contribution in [2.45, 2.75) is 4.90 Å². The number of aromatic nitrogens is 3. The molecule has 1 amide bonds. The summed E-state index contributed by atoms with van der Waals surface area (Å²) in [6.45, 7) is 0. The number of sulfonamides is 1. The van der Waals surface area contributed by atoms with Crippen LogP contribution in [0.25, 0.3) is 0 Å². The molecule has 0 aliphatic heterocycles. The molecule has 4 N–H and O–H groups in total. The van der Waals surface area contributed by atoms with E-state index in [-0.39, 0.29) is 11.4 Å². The van der Waals surface area contributed by atoms with Gasteiger partial charge in [-0.3, -0.25) is 4.79 Å². The minimum absolute atomic E-state index is 0.0101. The van der Waals surface area contributed by atoms with Gasteiger partial charge < -0.3 is 5.32 Å². The van der Waals surface area contributed by atoms with E-state index in [2.05, 4.69) is 20.7 Å². The molecule has 0 spiro atoms. The number of carbonyl (C=O) groups excluding carboxylic acids is 1. The number of nitrogens with zero attached hydrogens (tertiary/aromatic N) is 2. The number of amides is 1. The molecule has 0 saturated heterocycles. The van der Waals surface area contributed by atoms with Crippen molar-refractivity contribution in [2.24, 2.45) is 5.14 Å². The van der Waals surface area contributed by atoms with Crippen molar-refractivity contribution < 1.29 is 17.6 Å². The highest BCUT2D eigenvalue weighted by Gasteiger charge is 2.16. The third kappa shape index (κ3) is 2.92. The van der Waals surface area contributed by atoms with Crippen LogP contribution in [0.15, 0.2) is 29.3 Å². The lowest BCUT2D eigenvalue weighted by molar-refractivity contribution is 0.102. The van der Waals surface area contributed by atoms with Gasteiger partial charge in [-0.05, 0) is 18.2 Å². The minimum Gasteiger partial charge on any atom is -0.320 e. The SMILES string of the molecule is NS(=O)(=O)c1ccc(NC(=O)c2cn[nH]n2)cc1F. The third-order valence-electron chi connectivity index (χ3n) is 2.14. The van der Waals surface area contributed by atoms with E-state index >= 15 is 0 Å². The first-order chi connectivity index (χ1) is 8.88. The van der Waals surface area contributed by atoms with Crippen LogP contribution in [0.3, 0.4) is 0 Å². The molecule has 2 rings (SSSR count). The summed E-state index contributed by atoms with van der Waals surface area (Å²) >= 11 is 0. The van der Waals surface area contributed by atoms with E-state index in [0.717, 1.165) is 12.1 Å². The zero-order valence-electron chi connectivity index (χ0n) is 9.29. The summed E-state index contributed by atoms with van der Waals surface area (Å²) in [4.78, 5) is 10.9. The van der Waals surface area contributed by atoms with Crippen molar-refractivity contribution >= 4 is 21.6 Å². The molecule has 10 heteroatoms. The van der Waals surface area contributed by atoms with Crippen molar-refractivity contribution in [3.63, 3.8) is 0 Å². The molecule has 2 aromatic rings. The number of nitrogens with one attached hydrogen (secondary N) is 2. The highest BCUT2D eigenvalue weighted by Crippen LogP contribution is 2.18. The summed E-state index contributed by atoms with van der Waals surface area (Å²) < 4.78 is 35.5. The number of hydrogen-bond donors (Lipinski definition) is 3. The Balaban J connectivity index is 2.24. The number of rotatable bonds is 3. The zero-order valence-corrected chi connectivity index (χ0v) is 10.1. The second kappa shape index (κ2) is 4.74. The maximum atomic E-state index is 13.5. The molecule has 0 saturated carbocycles. The number of nitrogens with two attached hydrogens (primary N) is 1. The number of carbonyl (C=O) groups is 1. The van der Waals surface area contributed by atoms with Gasteiger partial charge in [0.05, 0.1) is 6.20 Å². The quantitative estimate of drug-likeness (QED) is 0.721. The predicted octanol–water partition coefficient (Wildman–Crippen LogP) is -0.156. The average Bonchev–Trinajstić information content (AvgIpc) is 2.80. The van der Waals surface area contributed by atoms with Crippen molar-refractivity contribution in [3.05, 3.63) is 35.9 Å². The summed E-state index contributed by atoms with van der Waals surface area (Å²) in [6, 6.07) is 3.02. The van der Waals surface area contributed by atoms with Crippen molar-refractivity contribution in [1.29, 1.82) is 0 Å². The van der Waals surface area contributed by atoms with Gasteiger partial charge in [0.2, 0.25) is 10.0 Å². The highest BCUT2D eigenvalue weighted by atomic mass is 32.2. The van der Waals surface area contributed by atoms with Gasteiger partial charge in [0.1, 0.15) is 10.7 Å². The van der Waals surface area contributed by atoms with Crippen molar-refractivity contribution in [2.75, 3.05) is 5.32 Å². The first-order valence-corrected chi connectivity index (χ1v) is 6.42. The van der Waals surface area contributed by atoms with Crippen LogP contribution < -0.4 is 10.5 Å². The van der Waals surface area contributed by atoms with Gasteiger partial charge in [-0.2, -0.15) is 15.4 Å². The molecule has 100 valence electrons. The Morgan fingerprint density at radius 2 is 2.16 bits per heavy atom. The van der Waals surface area contributed by atoms with Gasteiger partial charge in [0.25, 0.3) is 5.91 Å². The van der Waals surface area contributed by atoms with E-state index in [4.69, 9.17) is 5.14 Å². The van der Waals surface area contributed by atoms with Crippen LogP contribution in [-0.4, -0.2) is 29.7 Å². The number of aromatic amines is 1. The Bertz CT molecular complexity index is 713. The summed E-state index contributed by atoms with van der Waals surface area (Å²) in [7, 11) is -4.14. The van der Waals surface area contributed by atoms with Crippen LogP contribution in [0.4, 0.5) is 10.1 Å². The predicted molar refractivity (Wildman–Crippen MR) is 62.1 cm³/mol. The fourth-order valence-corrected chi connectivity index (χ4v) is 1.90. The monoisotopic (exact) mass is 285 g/mol. The van der Waals surface area contributed by atoms with Gasteiger partial charge in [0, 0.05) is 5.69 Å². The molecule has 0 fully saturated rings. The molecule has 1 aromatic heterocycles. The molecule has 8 nitrogen and oxygen atoms in total. The molecule has 0 radical (unpaired) electrons. The van der Waals surface area contributed by atoms with Gasteiger partial charge in [-0.25, -0.2) is 17.9 Å². The molecule has 0 aliphatic rings. The minimum atomic E-state index is -4.14. The topological polar surface area (TPSA) is 131 Å². The summed E-state index contributed by atoms with van der Waals surface area (Å²) in [5, 5.41) is 16.4. The van der Waals surface area contributed by atoms with Crippen LogP contribution in [0.5, 0.6) is 0 Å². The Morgan fingerprint density at radius 3 is 2.68 bits per heavy atom. The van der Waals surface area contributed by atoms with Crippen LogP contribution in [0, 0.1) is 5.82 Å². The number of hydrogen-bond acceptors (Lipinski definition) is 5. The molecular weight excluding hydrogens is 277 g/mol. The third-order valence-corrected chi connectivity index (χ3v) is 3.09. The Kier molecular flexibility index (Phi) is 3.27. The molecule has 0 aliphatic carbocycles. The van der Waals surface area contributed by atoms with E-state index in [1.165, 1.54) is 12.3 Å². The highest BCUT2D eigenvalue weighted by molar-refractivity contribution is 7.89. The molecule has 0 atom stereocenters. The lowest BCUT2D eigenvalue weighted by atomic mass is 10.3. The van der Waals surface area contributed by atoms with E-state index in [9.17, 15) is 17.6 Å². The number of H-pyrrole nitrogens is 1. The van der Waals surface area contributed by atoms with Gasteiger partial charge in [-0.15, -0.1) is 0 Å². The fourth-order valence-electron chi connectivity index (χ4n) is 1.32. The van der Waals surface area contributed by atoms with Crippen LogP contribution in [0.1, 0.15) is 10.5 Å². The molecule has 1 heterocycles. The second-order valence-corrected chi connectivity index (χ2v) is 5.03. The molecule has 19 heavy (non-hydrogen) atoms. The average molecular weight is 285 g/mol. The van der Waals surface area contributed by atoms with Gasteiger partial charge >= 0.3 is 0 Å². The maximum Gasteiger partial charge on any atom is 0.277 e. The van der Waals surface area contributed by atoms with E-state index in [0.29, 0.717) is 0 Å². The summed E-state index contributed by atoms with van der Waals surface area (Å²) in [5.74, 6) is -1.67. The standard InChI is InChI=1S/C9H8FN5O3S/c10-6-3-5(1-2-8(6)19(11,17)18)13-9(16)7-4-12-15-14-7/h1-4H,(H,13,16)(H2,11,17,18)(H,12,14,15). The number of anilines is 1. The Labute approximate surface area is 106 Å². The van der Waals surface area contributed by atoms with Gasteiger partial charge in [-0.1, -0.05) is 0 Å². The first kappa shape index (κ1) is 13.1. The number of halogens is 1. The maximum absolute atomic E-state index is 13.5. The van der Waals surface area contributed by atoms with E-state index in [1.807, 2.05) is 0 Å². The van der Waals surface area contributed by atoms with E-state index in [1.54, 1.807) is 0 Å². The molecular formula is C9H8FN5O3S. The van der Waals surface area contributed by atoms with E-state index < -0.39 is 26.6 Å². The van der Waals surface area contributed by atoms with Crippen LogP contribution in [0.2, 0.25) is 0 Å². The fraction of sp³-hybridized carbons (Fsp3) is 0. The van der Waals surface area contributed by atoms with Crippen LogP contribution in [-0.2, 0) is 10.0 Å². The largest absolute Gasteiger partial charge is 0.320 e. The van der Waals surface area contributed by atoms with Gasteiger partial charge in [0.15, 0.2) is 5.69 Å². The summed E-state index contributed by atoms with van der Waals surface area (Å²) in [6.07, 6.45) is 1.18. The zero-order chi connectivity index (χ0) is 14.0. The first-order valence-electron chi connectivity index (χ1n) is 4.87. The molecule has 1 aromatic carbocycles. The van der Waals surface area contributed by atoms with Crippen LogP contribution >= 0.6 is 0 Å². The number of benzene rings is 1. The van der Waals surface area contributed by atoms with Crippen molar-refractivity contribution in [1.82, 2.24) is 15.4 Å². The van der Waals surface area contributed by atoms with Crippen molar-refractivity contribution in [3.8, 4) is 0 Å². The number of primary sulfonamides is 1. The second-order valence-electron chi connectivity index (χ2n) is 3.50. The normalized spacial score (nSPS) is 11.3. The smallest absolute Gasteiger partial charge is 0.277 e.